The number of hydrogen-bond donors (Lipinski definition) is 1. The molecule has 0 radical (unpaired) electrons. The Hall–Kier alpha value is -1.62. The molecule has 1 unspecified atom stereocenters. The van der Waals surface area contributed by atoms with Crippen molar-refractivity contribution in [1.29, 1.82) is 0 Å². The number of ether oxygens (including phenoxy) is 1. The first-order valence-corrected chi connectivity index (χ1v) is 6.49. The summed E-state index contributed by atoms with van der Waals surface area (Å²) in [6, 6.07) is 3.84. The molecule has 1 aliphatic rings. The minimum absolute atomic E-state index is 0.570. The third-order valence-electron chi connectivity index (χ3n) is 3.73. The second-order valence-electron chi connectivity index (χ2n) is 5.35. The highest BCUT2D eigenvalue weighted by Gasteiger charge is 2.37. The molecular formula is C14H20N2O3. The van der Waals surface area contributed by atoms with E-state index in [4.69, 9.17) is 4.74 Å². The maximum Gasteiger partial charge on any atom is 0.310 e. The first-order chi connectivity index (χ1) is 9.05. The van der Waals surface area contributed by atoms with Crippen LogP contribution in [0.25, 0.3) is 0 Å². The smallest absolute Gasteiger partial charge is 0.310 e. The third-order valence-corrected chi connectivity index (χ3v) is 3.73. The molecule has 1 saturated heterocycles. The van der Waals surface area contributed by atoms with Crippen LogP contribution in [0.1, 0.15) is 25.3 Å². The molecule has 104 valence electrons. The Morgan fingerprint density at radius 1 is 1.63 bits per heavy atom. The fourth-order valence-electron chi connectivity index (χ4n) is 2.62. The Morgan fingerprint density at radius 3 is 3.11 bits per heavy atom. The minimum atomic E-state index is -0.713. The highest BCUT2D eigenvalue weighted by molar-refractivity contribution is 5.74. The van der Waals surface area contributed by atoms with Gasteiger partial charge in [-0.15, -0.1) is 0 Å². The predicted molar refractivity (Wildman–Crippen MR) is 71.0 cm³/mol. The summed E-state index contributed by atoms with van der Waals surface area (Å²) < 4.78 is 5.23. The van der Waals surface area contributed by atoms with E-state index in [-0.39, 0.29) is 0 Å². The van der Waals surface area contributed by atoms with Gasteiger partial charge in [-0.05, 0) is 32.4 Å². The molecule has 1 N–H and O–H groups in total. The summed E-state index contributed by atoms with van der Waals surface area (Å²) >= 11 is 0. The number of piperidine rings is 1. The van der Waals surface area contributed by atoms with Gasteiger partial charge in [0, 0.05) is 24.8 Å². The van der Waals surface area contributed by atoms with Gasteiger partial charge in [0.15, 0.2) is 0 Å². The van der Waals surface area contributed by atoms with E-state index in [0.717, 1.165) is 24.9 Å². The van der Waals surface area contributed by atoms with Crippen molar-refractivity contribution in [2.45, 2.75) is 26.3 Å². The van der Waals surface area contributed by atoms with Crippen molar-refractivity contribution >= 4 is 5.97 Å². The van der Waals surface area contributed by atoms with Gasteiger partial charge in [0.2, 0.25) is 5.88 Å². The molecule has 2 heterocycles. The number of aliphatic carboxylic acids is 1. The lowest BCUT2D eigenvalue weighted by atomic mass is 9.82. The van der Waals surface area contributed by atoms with Crippen LogP contribution in [0.15, 0.2) is 18.3 Å². The largest absolute Gasteiger partial charge is 0.481 e. The summed E-state index contributed by atoms with van der Waals surface area (Å²) in [5.74, 6) is -0.0968. The summed E-state index contributed by atoms with van der Waals surface area (Å²) in [6.45, 7) is 3.99. The second kappa shape index (κ2) is 5.57. The molecule has 1 fully saturated rings. The maximum atomic E-state index is 11.3. The van der Waals surface area contributed by atoms with Crippen molar-refractivity contribution in [2.24, 2.45) is 5.41 Å². The highest BCUT2D eigenvalue weighted by atomic mass is 16.5. The zero-order valence-electron chi connectivity index (χ0n) is 11.4. The Kier molecular flexibility index (Phi) is 4.04. The molecule has 5 nitrogen and oxygen atoms in total. The van der Waals surface area contributed by atoms with E-state index in [1.165, 1.54) is 0 Å². The van der Waals surface area contributed by atoms with Crippen LogP contribution in [0, 0.1) is 5.41 Å². The molecule has 0 aliphatic carbocycles. The molecule has 2 rings (SSSR count). The van der Waals surface area contributed by atoms with Gasteiger partial charge in [0.25, 0.3) is 0 Å². The Balaban J connectivity index is 2.09. The van der Waals surface area contributed by atoms with Crippen LogP contribution in [-0.4, -0.2) is 41.2 Å². The average molecular weight is 264 g/mol. The topological polar surface area (TPSA) is 62.7 Å². The summed E-state index contributed by atoms with van der Waals surface area (Å²) in [6.07, 6.45) is 3.34. The molecule has 0 bridgehead atoms. The first-order valence-electron chi connectivity index (χ1n) is 6.49. The van der Waals surface area contributed by atoms with Gasteiger partial charge in [-0.3, -0.25) is 9.69 Å². The van der Waals surface area contributed by atoms with Crippen molar-refractivity contribution in [2.75, 3.05) is 20.2 Å². The number of aromatic nitrogens is 1. The number of methoxy groups -OCH3 is 1. The molecule has 0 spiro atoms. The Morgan fingerprint density at radius 2 is 2.42 bits per heavy atom. The SMILES string of the molecule is COc1ncccc1CN1CCCC(C)(C(=O)O)C1. The molecule has 0 aromatic carbocycles. The van der Waals surface area contributed by atoms with Gasteiger partial charge in [-0.2, -0.15) is 0 Å². The van der Waals surface area contributed by atoms with E-state index in [0.29, 0.717) is 19.0 Å². The Labute approximate surface area is 113 Å². The van der Waals surface area contributed by atoms with Crippen LogP contribution in [0.4, 0.5) is 0 Å². The Bertz CT molecular complexity index is 464. The van der Waals surface area contributed by atoms with Crippen molar-refractivity contribution < 1.29 is 14.6 Å². The number of hydrogen-bond acceptors (Lipinski definition) is 4. The van der Waals surface area contributed by atoms with E-state index in [1.807, 2.05) is 19.1 Å². The fourth-order valence-corrected chi connectivity index (χ4v) is 2.62. The lowest BCUT2D eigenvalue weighted by molar-refractivity contribution is -0.151. The molecule has 0 amide bonds. The van der Waals surface area contributed by atoms with E-state index >= 15 is 0 Å². The maximum absolute atomic E-state index is 11.3. The van der Waals surface area contributed by atoms with E-state index < -0.39 is 11.4 Å². The van der Waals surface area contributed by atoms with E-state index in [1.54, 1.807) is 13.3 Å². The average Bonchev–Trinajstić information content (AvgIpc) is 2.39. The number of nitrogens with zero attached hydrogens (tertiary/aromatic N) is 2. The quantitative estimate of drug-likeness (QED) is 0.898. The van der Waals surface area contributed by atoms with Gasteiger partial charge in [0.05, 0.1) is 12.5 Å². The normalized spacial score (nSPS) is 24.1. The standard InChI is InChI=1S/C14H20N2O3/c1-14(13(17)18)6-4-8-16(10-14)9-11-5-3-7-15-12(11)19-2/h3,5,7H,4,6,8-10H2,1-2H3,(H,17,18). The molecule has 0 saturated carbocycles. The van der Waals surface area contributed by atoms with Crippen molar-refractivity contribution in [1.82, 2.24) is 9.88 Å². The number of carbonyl (C=O) groups is 1. The van der Waals surface area contributed by atoms with E-state index in [2.05, 4.69) is 9.88 Å². The fraction of sp³-hybridized carbons (Fsp3) is 0.571. The van der Waals surface area contributed by atoms with E-state index in [9.17, 15) is 9.90 Å². The van der Waals surface area contributed by atoms with Crippen molar-refractivity contribution in [3.05, 3.63) is 23.9 Å². The third kappa shape index (κ3) is 3.04. The molecule has 19 heavy (non-hydrogen) atoms. The number of pyridine rings is 1. The summed E-state index contributed by atoms with van der Waals surface area (Å²) in [4.78, 5) is 17.7. The molecule has 1 aromatic heterocycles. The van der Waals surface area contributed by atoms with Gasteiger partial charge in [0.1, 0.15) is 0 Å². The van der Waals surface area contributed by atoms with Crippen molar-refractivity contribution in [3.63, 3.8) is 0 Å². The van der Waals surface area contributed by atoms with Crippen LogP contribution < -0.4 is 4.74 Å². The van der Waals surface area contributed by atoms with Crippen LogP contribution in [0.2, 0.25) is 0 Å². The summed E-state index contributed by atoms with van der Waals surface area (Å²) in [7, 11) is 1.60. The lowest BCUT2D eigenvalue weighted by Gasteiger charge is -2.37. The zero-order valence-corrected chi connectivity index (χ0v) is 11.4. The number of carboxylic acid groups (broad SMARTS) is 1. The highest BCUT2D eigenvalue weighted by Crippen LogP contribution is 2.31. The van der Waals surface area contributed by atoms with Crippen LogP contribution in [0.5, 0.6) is 5.88 Å². The van der Waals surface area contributed by atoms with Gasteiger partial charge >= 0.3 is 5.97 Å². The summed E-state index contributed by atoms with van der Waals surface area (Å²) in [5, 5.41) is 9.32. The lowest BCUT2D eigenvalue weighted by Crippen LogP contribution is -2.45. The minimum Gasteiger partial charge on any atom is -0.481 e. The molecular weight excluding hydrogens is 244 g/mol. The van der Waals surface area contributed by atoms with Gasteiger partial charge in [-0.25, -0.2) is 4.98 Å². The van der Waals surface area contributed by atoms with Gasteiger partial charge < -0.3 is 9.84 Å². The molecule has 1 aromatic rings. The van der Waals surface area contributed by atoms with Crippen molar-refractivity contribution in [3.8, 4) is 5.88 Å². The monoisotopic (exact) mass is 264 g/mol. The van der Waals surface area contributed by atoms with Gasteiger partial charge in [-0.1, -0.05) is 6.07 Å². The molecule has 1 atom stereocenters. The first kappa shape index (κ1) is 13.8. The number of likely N-dealkylation sites (tertiary alicyclic amines) is 1. The molecule has 1 aliphatic heterocycles. The number of carboxylic acids is 1. The predicted octanol–water partition coefficient (Wildman–Crippen LogP) is 1.78. The van der Waals surface area contributed by atoms with Crippen LogP contribution in [-0.2, 0) is 11.3 Å². The second-order valence-corrected chi connectivity index (χ2v) is 5.35. The molecule has 5 heteroatoms. The number of rotatable bonds is 4. The summed E-state index contributed by atoms with van der Waals surface area (Å²) in [5.41, 5.74) is 0.355. The van der Waals surface area contributed by atoms with Crippen LogP contribution >= 0.6 is 0 Å². The zero-order chi connectivity index (χ0) is 13.9. The van der Waals surface area contributed by atoms with Crippen LogP contribution in [0.3, 0.4) is 0 Å².